The molecule has 0 saturated carbocycles. The van der Waals surface area contributed by atoms with Crippen LogP contribution in [0.25, 0.3) is 0 Å². The number of nitrogens with zero attached hydrogens (tertiary/aromatic N) is 3. The van der Waals surface area contributed by atoms with E-state index in [-0.39, 0.29) is 132 Å². The number of phenolic OH excluding ortho intramolecular Hbond substituents is 2. The Bertz CT molecular complexity index is 2660. The van der Waals surface area contributed by atoms with E-state index in [4.69, 9.17) is 34.4 Å². The first-order chi connectivity index (χ1) is 40.3. The van der Waals surface area contributed by atoms with Gasteiger partial charge in [-0.05, 0) is 99.1 Å². The van der Waals surface area contributed by atoms with E-state index in [1.165, 1.54) is 48.5 Å². The number of nitrogens with two attached hydrogens (primary N) is 6. The van der Waals surface area contributed by atoms with E-state index in [1.807, 2.05) is 0 Å². The van der Waals surface area contributed by atoms with E-state index >= 15 is 0 Å². The van der Waals surface area contributed by atoms with Crippen LogP contribution < -0.4 is 87.6 Å². The average molecular weight is 1190 g/mol. The van der Waals surface area contributed by atoms with Crippen molar-refractivity contribution in [2.45, 2.75) is 147 Å². The third-order valence-corrected chi connectivity index (χ3v) is 12.9. The van der Waals surface area contributed by atoms with Gasteiger partial charge < -0.3 is 92.5 Å². The summed E-state index contributed by atoms with van der Waals surface area (Å²) in [5.41, 5.74) is 34.8. The smallest absolute Gasteiger partial charge is 0.321 e. The molecule has 0 bridgehead atoms. The normalized spacial score (nSPS) is 19.0. The lowest BCUT2D eigenvalue weighted by molar-refractivity contribution is -0.136. The maximum atomic E-state index is 14.8. The number of benzene rings is 2. The molecule has 31 heteroatoms. The topological polar surface area (TPSA) is 525 Å². The quantitative estimate of drug-likeness (QED) is 0.0287. The second kappa shape index (κ2) is 36.9. The average Bonchev–Trinajstić information content (AvgIpc) is 3.57. The highest BCUT2D eigenvalue weighted by Crippen LogP contribution is 2.15. The van der Waals surface area contributed by atoms with E-state index in [0.29, 0.717) is 24.0 Å². The lowest BCUT2D eigenvalue weighted by Crippen LogP contribution is -2.60. The number of urea groups is 1. The molecule has 0 aliphatic carbocycles. The van der Waals surface area contributed by atoms with Gasteiger partial charge in [0.25, 0.3) is 0 Å². The number of phenols is 2. The molecule has 31 nitrogen and oxygen atoms in total. The van der Waals surface area contributed by atoms with Crippen LogP contribution in [0.5, 0.6) is 11.5 Å². The Labute approximate surface area is 492 Å². The Kier molecular flexibility index (Phi) is 30.3. The molecule has 85 heavy (non-hydrogen) atoms. The molecule has 0 saturated heterocycles. The van der Waals surface area contributed by atoms with E-state index < -0.39 is 108 Å². The molecule has 3 rings (SSSR count). The van der Waals surface area contributed by atoms with Gasteiger partial charge in [-0.15, -0.1) is 0 Å². The zero-order chi connectivity index (χ0) is 63.0. The van der Waals surface area contributed by atoms with Crippen molar-refractivity contribution in [2.75, 3.05) is 32.7 Å². The lowest BCUT2D eigenvalue weighted by Gasteiger charge is -2.28. The van der Waals surface area contributed by atoms with Crippen molar-refractivity contribution >= 4 is 77.1 Å². The summed E-state index contributed by atoms with van der Waals surface area (Å²) in [5.74, 6) is -8.52. The third kappa shape index (κ3) is 27.9. The number of hydrogen-bond acceptors (Lipinski definition) is 16. The second-order valence-electron chi connectivity index (χ2n) is 20.6. The fraction of sp³-hybridized carbons (Fsp3) is 0.537. The summed E-state index contributed by atoms with van der Waals surface area (Å²) in [6, 6.07) is 1.03. The number of hydrogen-bond donors (Lipinski definition) is 18. The second-order valence-corrected chi connectivity index (χ2v) is 20.6. The summed E-state index contributed by atoms with van der Waals surface area (Å²) >= 11 is 0. The van der Waals surface area contributed by atoms with Crippen LogP contribution in [-0.2, 0) is 56.0 Å². The predicted molar refractivity (Wildman–Crippen MR) is 315 cm³/mol. The predicted octanol–water partition coefficient (Wildman–Crippen LogP) is -3.98. The molecule has 0 aromatic heterocycles. The fourth-order valence-electron chi connectivity index (χ4n) is 8.47. The maximum absolute atomic E-state index is 14.8. The van der Waals surface area contributed by atoms with Gasteiger partial charge in [0.15, 0.2) is 17.9 Å². The summed E-state index contributed by atoms with van der Waals surface area (Å²) in [6.45, 7) is 5.29. The number of primary amides is 1. The largest absolute Gasteiger partial charge is 0.508 e. The lowest BCUT2D eigenvalue weighted by atomic mass is 10.00. The van der Waals surface area contributed by atoms with E-state index in [0.717, 1.165) is 0 Å². The molecule has 468 valence electrons. The minimum absolute atomic E-state index is 0.00781. The van der Waals surface area contributed by atoms with E-state index in [1.54, 1.807) is 20.8 Å². The number of amides is 11. The molecule has 0 spiro atoms. The summed E-state index contributed by atoms with van der Waals surface area (Å²) in [6.07, 6.45) is -0.282. The Hall–Kier alpha value is -9.45. The fourth-order valence-corrected chi connectivity index (χ4v) is 8.47. The number of carbonyl (C=O) groups excluding carboxylic acids is 10. The Balaban J connectivity index is 2.09. The molecule has 11 amide bonds. The third-order valence-electron chi connectivity index (χ3n) is 12.9. The molecular formula is C54H85N19O12. The zero-order valence-corrected chi connectivity index (χ0v) is 48.2. The van der Waals surface area contributed by atoms with Crippen molar-refractivity contribution in [3.8, 4) is 11.5 Å². The van der Waals surface area contributed by atoms with Crippen LogP contribution in [0.3, 0.4) is 0 Å². The number of aromatic hydroxyl groups is 2. The number of rotatable bonds is 23. The molecule has 1 heterocycles. The molecule has 1 aliphatic heterocycles. The highest BCUT2D eigenvalue weighted by Gasteiger charge is 2.35. The van der Waals surface area contributed by atoms with Gasteiger partial charge in [-0.3, -0.25) is 63.4 Å². The van der Waals surface area contributed by atoms with Crippen molar-refractivity contribution in [2.24, 2.45) is 55.3 Å². The van der Waals surface area contributed by atoms with Gasteiger partial charge in [0, 0.05) is 52.0 Å². The summed E-state index contributed by atoms with van der Waals surface area (Å²) in [4.78, 5) is 150. The molecule has 2 aromatic carbocycles. The Morgan fingerprint density at radius 1 is 0.694 bits per heavy atom. The number of carbonyl (C=O) groups is 10. The molecule has 0 unspecified atom stereocenters. The summed E-state index contributed by atoms with van der Waals surface area (Å²) < 4.78 is 0. The van der Waals surface area contributed by atoms with Crippen LogP contribution in [0.4, 0.5) is 4.79 Å². The van der Waals surface area contributed by atoms with Gasteiger partial charge in [0.1, 0.15) is 53.8 Å². The Morgan fingerprint density at radius 3 is 1.87 bits per heavy atom. The highest BCUT2D eigenvalue weighted by atomic mass is 16.3. The van der Waals surface area contributed by atoms with Crippen LogP contribution >= 0.6 is 0 Å². The van der Waals surface area contributed by atoms with E-state index in [2.05, 4.69) is 68.1 Å². The SMILES string of the molecule is CCC(=O)N[C@H]1CC(=O)N[C@@H](CCCN=C(N)N)C(=O)N[C@@H](Cc2ccc(O)cc2)C(=O)N[C@H](C(=O)N[C@@H](CC(C)C)C(=O)N[C@@H](CCCN=C(N)N)C(=O)N[C@@H](Cc2ccc(O)cc2)C(N)=O)CCCN=C(N)NC(=O)NCCCCNC1=O. The van der Waals surface area contributed by atoms with Gasteiger partial charge in [-0.2, -0.15) is 0 Å². The van der Waals surface area contributed by atoms with Crippen molar-refractivity contribution in [1.29, 1.82) is 0 Å². The molecule has 0 fully saturated rings. The van der Waals surface area contributed by atoms with Gasteiger partial charge in [-0.25, -0.2) is 4.79 Å². The first-order valence-corrected chi connectivity index (χ1v) is 28.0. The first-order valence-electron chi connectivity index (χ1n) is 28.0. The van der Waals surface area contributed by atoms with Crippen molar-refractivity contribution in [3.05, 3.63) is 59.7 Å². The van der Waals surface area contributed by atoms with Gasteiger partial charge >= 0.3 is 6.03 Å². The van der Waals surface area contributed by atoms with Crippen LogP contribution in [0.1, 0.15) is 103 Å². The van der Waals surface area contributed by atoms with Crippen molar-refractivity contribution < 1.29 is 58.2 Å². The number of nitrogens with one attached hydrogen (secondary N) is 10. The van der Waals surface area contributed by atoms with Crippen molar-refractivity contribution in [1.82, 2.24) is 53.2 Å². The highest BCUT2D eigenvalue weighted by molar-refractivity contribution is 5.98. The summed E-state index contributed by atoms with van der Waals surface area (Å²) in [5, 5.41) is 46.0. The van der Waals surface area contributed by atoms with Gasteiger partial charge in [-0.1, -0.05) is 45.0 Å². The van der Waals surface area contributed by atoms with E-state index in [9.17, 15) is 58.2 Å². The molecule has 2 aromatic rings. The van der Waals surface area contributed by atoms with Crippen LogP contribution in [0.2, 0.25) is 0 Å². The standard InChI is InChI=1S/C54H85N19O12/c1-4-42(76)67-41-29-43(77)66-35(10-7-23-62-51(56)57)46(80)72-40(28-32-15-19-34(75)20-16-32)50(84)69-37(12-9-25-64-53(60)73-54(85)65-22-6-5-21-61-45(41)79)48(82)71-39(26-30(2)3)49(83)68-36(11-8-24-63-52(58)59)47(81)70-38(44(55)78)27-31-13-17-33(74)18-14-31/h13-20,30,35-41,74-75H,4-12,21-29H2,1-3H3,(H2,55,78)(H,61,79)(H,66,77)(H,67,76)(H,68,83)(H,69,84)(H,70,81)(H,71,82)(H,72,80)(H4,56,57,62)(H4,58,59,63)(H4,60,64,65,73,85)/t35-,36-,37-,38-,39-,40-,41-/m0/s1. The zero-order valence-electron chi connectivity index (χ0n) is 48.2. The van der Waals surface area contributed by atoms with Crippen LogP contribution in [-0.4, -0.2) is 162 Å². The number of aliphatic imine (C=N–C) groups is 3. The molecule has 1 aliphatic rings. The molecule has 0 radical (unpaired) electrons. The minimum Gasteiger partial charge on any atom is -0.508 e. The molecule has 7 atom stereocenters. The molecular weight excluding hydrogens is 1110 g/mol. The van der Waals surface area contributed by atoms with Crippen LogP contribution in [0.15, 0.2) is 63.5 Å². The molecule has 24 N–H and O–H groups in total. The Morgan fingerprint density at radius 2 is 1.27 bits per heavy atom. The maximum Gasteiger partial charge on any atom is 0.321 e. The minimum atomic E-state index is -1.52. The van der Waals surface area contributed by atoms with Crippen LogP contribution in [0, 0.1) is 5.92 Å². The van der Waals surface area contributed by atoms with Gasteiger partial charge in [0.05, 0.1) is 6.42 Å². The monoisotopic (exact) mass is 1190 g/mol. The van der Waals surface area contributed by atoms with Gasteiger partial charge in [0.2, 0.25) is 53.2 Å². The summed E-state index contributed by atoms with van der Waals surface area (Å²) in [7, 11) is 0. The first kappa shape index (κ1) is 69.8. The number of guanidine groups is 3. The van der Waals surface area contributed by atoms with Crippen molar-refractivity contribution in [3.63, 3.8) is 0 Å².